The molecule has 1 unspecified atom stereocenters. The number of nitrogens with one attached hydrogen (secondary N) is 1. The molecule has 16 heavy (non-hydrogen) atoms. The quantitative estimate of drug-likeness (QED) is 0.759. The van der Waals surface area contributed by atoms with Crippen molar-refractivity contribution in [2.45, 2.75) is 71.4 Å². The molecule has 94 valence electrons. The molecule has 3 heteroatoms. The molecule has 0 heterocycles. The maximum atomic E-state index is 10.8. The SMILES string of the molecule is CC(C)(C)CC(CC(=O)O)NC1CCCC1. The normalized spacial score (nSPS) is 19.9. The summed E-state index contributed by atoms with van der Waals surface area (Å²) in [5.74, 6) is -0.695. The number of carbonyl (C=O) groups is 1. The minimum atomic E-state index is -0.695. The van der Waals surface area contributed by atoms with E-state index in [1.165, 1.54) is 25.7 Å². The fraction of sp³-hybridized carbons (Fsp3) is 0.923. The van der Waals surface area contributed by atoms with Crippen molar-refractivity contribution < 1.29 is 9.90 Å². The summed E-state index contributed by atoms with van der Waals surface area (Å²) in [7, 11) is 0. The van der Waals surface area contributed by atoms with E-state index in [0.717, 1.165) is 6.42 Å². The molecular weight excluding hydrogens is 202 g/mol. The number of carboxylic acid groups (broad SMARTS) is 1. The van der Waals surface area contributed by atoms with Gasteiger partial charge in [-0.1, -0.05) is 33.6 Å². The summed E-state index contributed by atoms with van der Waals surface area (Å²) in [6.45, 7) is 6.49. The monoisotopic (exact) mass is 227 g/mol. The smallest absolute Gasteiger partial charge is 0.304 e. The highest BCUT2D eigenvalue weighted by Crippen LogP contribution is 2.25. The van der Waals surface area contributed by atoms with Gasteiger partial charge in [-0.15, -0.1) is 0 Å². The van der Waals surface area contributed by atoms with Crippen LogP contribution in [0.2, 0.25) is 0 Å². The second-order valence-electron chi connectivity index (χ2n) is 6.21. The molecule has 0 radical (unpaired) electrons. The highest BCUT2D eigenvalue weighted by molar-refractivity contribution is 5.67. The van der Waals surface area contributed by atoms with Crippen LogP contribution < -0.4 is 5.32 Å². The molecule has 0 aliphatic heterocycles. The number of rotatable bonds is 5. The molecule has 1 saturated carbocycles. The van der Waals surface area contributed by atoms with E-state index < -0.39 is 5.97 Å². The lowest BCUT2D eigenvalue weighted by molar-refractivity contribution is -0.137. The summed E-state index contributed by atoms with van der Waals surface area (Å²) in [4.78, 5) is 10.8. The van der Waals surface area contributed by atoms with E-state index in [-0.39, 0.29) is 17.9 Å². The summed E-state index contributed by atoms with van der Waals surface area (Å²) >= 11 is 0. The van der Waals surface area contributed by atoms with Crippen LogP contribution in [0.1, 0.15) is 59.3 Å². The Morgan fingerprint density at radius 1 is 1.38 bits per heavy atom. The standard InChI is InChI=1S/C13H25NO2/c1-13(2,3)9-11(8-12(15)16)14-10-6-4-5-7-10/h10-11,14H,4-9H2,1-3H3,(H,15,16). The van der Waals surface area contributed by atoms with Gasteiger partial charge in [0, 0.05) is 12.1 Å². The molecule has 0 aromatic heterocycles. The molecule has 0 saturated heterocycles. The van der Waals surface area contributed by atoms with E-state index in [9.17, 15) is 4.79 Å². The predicted octanol–water partition coefficient (Wildman–Crippen LogP) is 2.80. The van der Waals surface area contributed by atoms with Crippen molar-refractivity contribution in [2.75, 3.05) is 0 Å². The molecule has 1 atom stereocenters. The van der Waals surface area contributed by atoms with Crippen LogP contribution in [0.5, 0.6) is 0 Å². The van der Waals surface area contributed by atoms with E-state index in [4.69, 9.17) is 5.11 Å². The Bertz CT molecular complexity index is 227. The largest absolute Gasteiger partial charge is 0.481 e. The lowest BCUT2D eigenvalue weighted by Crippen LogP contribution is -2.40. The third-order valence-electron chi connectivity index (χ3n) is 3.11. The van der Waals surface area contributed by atoms with Crippen LogP contribution in [0.15, 0.2) is 0 Å². The summed E-state index contributed by atoms with van der Waals surface area (Å²) in [5.41, 5.74) is 0.186. The van der Waals surface area contributed by atoms with Gasteiger partial charge in [0.25, 0.3) is 0 Å². The van der Waals surface area contributed by atoms with Gasteiger partial charge >= 0.3 is 5.97 Å². The van der Waals surface area contributed by atoms with Crippen molar-refractivity contribution in [1.82, 2.24) is 5.32 Å². The zero-order valence-electron chi connectivity index (χ0n) is 10.8. The van der Waals surface area contributed by atoms with Crippen molar-refractivity contribution >= 4 is 5.97 Å². The molecule has 1 rings (SSSR count). The molecule has 0 bridgehead atoms. The fourth-order valence-corrected chi connectivity index (χ4v) is 2.57. The Balaban J connectivity index is 2.45. The first-order valence-corrected chi connectivity index (χ1v) is 6.35. The van der Waals surface area contributed by atoms with E-state index in [2.05, 4.69) is 26.1 Å². The Kier molecular flexibility index (Phi) is 4.78. The molecule has 0 aromatic carbocycles. The van der Waals surface area contributed by atoms with E-state index >= 15 is 0 Å². The average molecular weight is 227 g/mol. The molecule has 1 aliphatic carbocycles. The zero-order chi connectivity index (χ0) is 12.2. The predicted molar refractivity (Wildman–Crippen MR) is 65.5 cm³/mol. The Morgan fingerprint density at radius 2 is 1.94 bits per heavy atom. The van der Waals surface area contributed by atoms with Crippen LogP contribution in [-0.4, -0.2) is 23.2 Å². The van der Waals surface area contributed by atoms with Gasteiger partial charge in [-0.25, -0.2) is 0 Å². The van der Waals surface area contributed by atoms with Gasteiger partial charge in [-0.05, 0) is 24.7 Å². The Hall–Kier alpha value is -0.570. The topological polar surface area (TPSA) is 49.3 Å². The summed E-state index contributed by atoms with van der Waals surface area (Å²) in [6.07, 6.45) is 6.16. The van der Waals surface area contributed by atoms with Crippen molar-refractivity contribution in [3.05, 3.63) is 0 Å². The highest BCUT2D eigenvalue weighted by Gasteiger charge is 2.24. The molecule has 3 nitrogen and oxygen atoms in total. The maximum Gasteiger partial charge on any atom is 0.304 e. The number of hydrogen-bond acceptors (Lipinski definition) is 2. The number of carboxylic acids is 1. The van der Waals surface area contributed by atoms with Gasteiger partial charge in [-0.3, -0.25) is 4.79 Å². The average Bonchev–Trinajstić information content (AvgIpc) is 2.51. The highest BCUT2D eigenvalue weighted by atomic mass is 16.4. The maximum absolute atomic E-state index is 10.8. The lowest BCUT2D eigenvalue weighted by atomic mass is 9.86. The van der Waals surface area contributed by atoms with Gasteiger partial charge < -0.3 is 10.4 Å². The first-order valence-electron chi connectivity index (χ1n) is 6.35. The third-order valence-corrected chi connectivity index (χ3v) is 3.11. The second kappa shape index (κ2) is 5.67. The summed E-state index contributed by atoms with van der Waals surface area (Å²) in [6, 6.07) is 0.673. The van der Waals surface area contributed by atoms with Gasteiger partial charge in [-0.2, -0.15) is 0 Å². The van der Waals surface area contributed by atoms with Crippen LogP contribution in [0.4, 0.5) is 0 Å². The van der Waals surface area contributed by atoms with Gasteiger partial charge in [0.15, 0.2) is 0 Å². The van der Waals surface area contributed by atoms with Crippen molar-refractivity contribution in [3.8, 4) is 0 Å². The van der Waals surface area contributed by atoms with E-state index in [1.807, 2.05) is 0 Å². The van der Waals surface area contributed by atoms with Gasteiger partial charge in [0.05, 0.1) is 6.42 Å². The molecule has 0 aromatic rings. The van der Waals surface area contributed by atoms with Crippen LogP contribution in [0.25, 0.3) is 0 Å². The minimum Gasteiger partial charge on any atom is -0.481 e. The molecule has 1 aliphatic rings. The van der Waals surface area contributed by atoms with Gasteiger partial charge in [0.1, 0.15) is 0 Å². The van der Waals surface area contributed by atoms with Crippen LogP contribution in [0, 0.1) is 5.41 Å². The Morgan fingerprint density at radius 3 is 2.38 bits per heavy atom. The summed E-state index contributed by atoms with van der Waals surface area (Å²) in [5, 5.41) is 12.4. The van der Waals surface area contributed by atoms with Crippen molar-refractivity contribution in [1.29, 1.82) is 0 Å². The lowest BCUT2D eigenvalue weighted by Gasteiger charge is -2.28. The summed E-state index contributed by atoms with van der Waals surface area (Å²) < 4.78 is 0. The number of hydrogen-bond donors (Lipinski definition) is 2. The molecule has 0 spiro atoms. The van der Waals surface area contributed by atoms with Gasteiger partial charge in [0.2, 0.25) is 0 Å². The molecule has 1 fully saturated rings. The van der Waals surface area contributed by atoms with E-state index in [1.54, 1.807) is 0 Å². The number of aliphatic carboxylic acids is 1. The second-order valence-corrected chi connectivity index (χ2v) is 6.21. The first-order chi connectivity index (χ1) is 7.37. The fourth-order valence-electron chi connectivity index (χ4n) is 2.57. The van der Waals surface area contributed by atoms with Crippen LogP contribution in [-0.2, 0) is 4.79 Å². The van der Waals surface area contributed by atoms with Crippen molar-refractivity contribution in [3.63, 3.8) is 0 Å². The third kappa shape index (κ3) is 5.50. The molecular formula is C13H25NO2. The zero-order valence-corrected chi connectivity index (χ0v) is 10.8. The van der Waals surface area contributed by atoms with Crippen LogP contribution >= 0.6 is 0 Å². The minimum absolute atomic E-state index is 0.126. The van der Waals surface area contributed by atoms with E-state index in [0.29, 0.717) is 6.04 Å². The first kappa shape index (κ1) is 13.5. The Labute approximate surface area is 98.6 Å². The van der Waals surface area contributed by atoms with Crippen molar-refractivity contribution in [2.24, 2.45) is 5.41 Å². The van der Waals surface area contributed by atoms with Crippen LogP contribution in [0.3, 0.4) is 0 Å². The molecule has 2 N–H and O–H groups in total. The molecule has 0 amide bonds.